The van der Waals surface area contributed by atoms with E-state index in [0.29, 0.717) is 6.42 Å². The molecule has 0 saturated carbocycles. The molecular formula is C12H24N2OS4. The minimum atomic E-state index is 0.206. The Labute approximate surface area is 132 Å². The molecule has 1 atom stereocenters. The van der Waals surface area contributed by atoms with Crippen LogP contribution in [0.5, 0.6) is 0 Å². The zero-order valence-electron chi connectivity index (χ0n) is 11.3. The van der Waals surface area contributed by atoms with Crippen molar-refractivity contribution >= 4 is 49.1 Å². The van der Waals surface area contributed by atoms with Crippen LogP contribution in [0.3, 0.4) is 0 Å². The number of hydrogen-bond acceptors (Lipinski definition) is 6. The van der Waals surface area contributed by atoms with Crippen LogP contribution in [-0.2, 0) is 4.79 Å². The lowest BCUT2D eigenvalue weighted by Crippen LogP contribution is -2.25. The first-order valence-corrected chi connectivity index (χ1v) is 11.7. The van der Waals surface area contributed by atoms with Crippen LogP contribution < -0.4 is 11.1 Å². The van der Waals surface area contributed by atoms with Gasteiger partial charge in [0.25, 0.3) is 0 Å². The van der Waals surface area contributed by atoms with E-state index in [1.165, 1.54) is 25.0 Å². The van der Waals surface area contributed by atoms with E-state index in [0.717, 1.165) is 36.3 Å². The smallest absolute Gasteiger partial charge is 0.220 e. The van der Waals surface area contributed by atoms with E-state index in [9.17, 15) is 4.79 Å². The molecule has 1 rings (SSSR count). The molecule has 1 aliphatic heterocycles. The normalized spacial score (nSPS) is 18.7. The lowest BCUT2D eigenvalue weighted by atomic mass is 10.1. The van der Waals surface area contributed by atoms with E-state index in [4.69, 9.17) is 5.73 Å². The summed E-state index contributed by atoms with van der Waals surface area (Å²) < 4.78 is 0. The highest BCUT2D eigenvalue weighted by Crippen LogP contribution is 2.39. The van der Waals surface area contributed by atoms with Crippen LogP contribution in [0.1, 0.15) is 32.1 Å². The third-order valence-corrected chi connectivity index (χ3v) is 8.15. The molecule has 0 aliphatic carbocycles. The average Bonchev–Trinajstić information content (AvgIpc) is 2.92. The highest BCUT2D eigenvalue weighted by atomic mass is 33.1. The van der Waals surface area contributed by atoms with Crippen LogP contribution in [0.2, 0.25) is 0 Å². The molecule has 0 aromatic carbocycles. The van der Waals surface area contributed by atoms with Crippen molar-refractivity contribution in [2.24, 2.45) is 5.73 Å². The first-order chi connectivity index (χ1) is 9.33. The van der Waals surface area contributed by atoms with Gasteiger partial charge in [-0.05, 0) is 19.3 Å². The summed E-state index contributed by atoms with van der Waals surface area (Å²) in [5.41, 5.74) is 5.40. The first kappa shape index (κ1) is 17.9. The summed E-state index contributed by atoms with van der Waals surface area (Å²) in [7, 11) is 7.58. The van der Waals surface area contributed by atoms with E-state index in [2.05, 4.69) is 5.32 Å². The van der Waals surface area contributed by atoms with Crippen molar-refractivity contribution in [3.63, 3.8) is 0 Å². The summed E-state index contributed by atoms with van der Waals surface area (Å²) in [5.74, 6) is 3.45. The quantitative estimate of drug-likeness (QED) is 0.445. The summed E-state index contributed by atoms with van der Waals surface area (Å²) in [5, 5.41) is 3.81. The fourth-order valence-electron chi connectivity index (χ4n) is 1.71. The molecule has 19 heavy (non-hydrogen) atoms. The summed E-state index contributed by atoms with van der Waals surface area (Å²) in [6, 6.07) is 0. The van der Waals surface area contributed by atoms with Gasteiger partial charge >= 0.3 is 0 Å². The van der Waals surface area contributed by atoms with Crippen LogP contribution in [0.15, 0.2) is 0 Å². The molecule has 1 saturated heterocycles. The topological polar surface area (TPSA) is 55.1 Å². The second-order valence-electron chi connectivity index (χ2n) is 4.36. The van der Waals surface area contributed by atoms with E-state index in [-0.39, 0.29) is 5.91 Å². The number of carbonyl (C=O) groups excluding carboxylic acids is 1. The lowest BCUT2D eigenvalue weighted by Gasteiger charge is -2.07. The van der Waals surface area contributed by atoms with Crippen molar-refractivity contribution in [2.75, 3.05) is 30.3 Å². The second-order valence-corrected chi connectivity index (χ2v) is 9.85. The maximum absolute atomic E-state index is 11.6. The number of nitrogens with one attached hydrogen (secondary N) is 1. The van der Waals surface area contributed by atoms with Gasteiger partial charge in [-0.3, -0.25) is 4.79 Å². The van der Waals surface area contributed by atoms with Crippen molar-refractivity contribution in [3.05, 3.63) is 0 Å². The molecule has 1 aliphatic rings. The molecule has 0 spiro atoms. The highest BCUT2D eigenvalue weighted by Gasteiger charge is 2.15. The number of hydrogen-bond donors (Lipinski definition) is 2. The van der Waals surface area contributed by atoms with Gasteiger partial charge in [-0.25, -0.2) is 0 Å². The predicted octanol–water partition coefficient (Wildman–Crippen LogP) is 3.16. The molecule has 1 amide bonds. The molecule has 1 heterocycles. The zero-order chi connectivity index (χ0) is 13.8. The van der Waals surface area contributed by atoms with Crippen molar-refractivity contribution in [1.82, 2.24) is 5.32 Å². The van der Waals surface area contributed by atoms with Crippen molar-refractivity contribution in [1.29, 1.82) is 0 Å². The number of rotatable bonds is 11. The maximum atomic E-state index is 11.6. The Bertz CT molecular complexity index is 238. The van der Waals surface area contributed by atoms with Crippen LogP contribution in [0.25, 0.3) is 0 Å². The minimum Gasteiger partial charge on any atom is -0.355 e. The SMILES string of the molecule is NCCSSCCNC(=O)CCCCC1CCSS1. The van der Waals surface area contributed by atoms with E-state index >= 15 is 0 Å². The summed E-state index contributed by atoms with van der Waals surface area (Å²) in [4.78, 5) is 11.6. The Hall–Kier alpha value is 0.830. The second kappa shape index (κ2) is 12.6. The van der Waals surface area contributed by atoms with Crippen LogP contribution in [0, 0.1) is 0 Å². The fraction of sp³-hybridized carbons (Fsp3) is 0.917. The molecule has 0 aromatic rings. The third kappa shape index (κ3) is 10.2. The molecule has 7 heteroatoms. The molecule has 3 nitrogen and oxygen atoms in total. The Morgan fingerprint density at radius 1 is 1.32 bits per heavy atom. The van der Waals surface area contributed by atoms with Gasteiger partial charge in [-0.1, -0.05) is 49.6 Å². The fourth-order valence-corrected chi connectivity index (χ4v) is 6.50. The molecule has 0 radical (unpaired) electrons. The minimum absolute atomic E-state index is 0.206. The molecule has 0 bridgehead atoms. The Morgan fingerprint density at radius 3 is 2.89 bits per heavy atom. The van der Waals surface area contributed by atoms with Gasteiger partial charge in [0.05, 0.1) is 0 Å². The summed E-state index contributed by atoms with van der Waals surface area (Å²) in [6.07, 6.45) is 5.52. The van der Waals surface area contributed by atoms with Gasteiger partial charge < -0.3 is 11.1 Å². The summed E-state index contributed by atoms with van der Waals surface area (Å²) in [6.45, 7) is 1.50. The van der Waals surface area contributed by atoms with E-state index in [1.807, 2.05) is 21.6 Å². The molecular weight excluding hydrogens is 316 g/mol. The maximum Gasteiger partial charge on any atom is 0.220 e. The number of unbranched alkanes of at least 4 members (excludes halogenated alkanes) is 1. The van der Waals surface area contributed by atoms with Gasteiger partial charge in [0.15, 0.2) is 0 Å². The average molecular weight is 341 g/mol. The Morgan fingerprint density at radius 2 is 2.16 bits per heavy atom. The lowest BCUT2D eigenvalue weighted by molar-refractivity contribution is -0.121. The number of carbonyl (C=O) groups is 1. The monoisotopic (exact) mass is 340 g/mol. The van der Waals surface area contributed by atoms with E-state index in [1.54, 1.807) is 21.6 Å². The molecule has 3 N–H and O–H groups in total. The molecule has 112 valence electrons. The number of amides is 1. The zero-order valence-corrected chi connectivity index (χ0v) is 14.5. The van der Waals surface area contributed by atoms with Crippen LogP contribution in [0.4, 0.5) is 0 Å². The largest absolute Gasteiger partial charge is 0.355 e. The van der Waals surface area contributed by atoms with Crippen LogP contribution >= 0.6 is 43.2 Å². The predicted molar refractivity (Wildman–Crippen MR) is 93.9 cm³/mol. The third-order valence-electron chi connectivity index (χ3n) is 2.70. The Kier molecular flexibility index (Phi) is 11.8. The van der Waals surface area contributed by atoms with Gasteiger partial charge in [-0.15, -0.1) is 0 Å². The van der Waals surface area contributed by atoms with E-state index < -0.39 is 0 Å². The van der Waals surface area contributed by atoms with Crippen molar-refractivity contribution < 1.29 is 4.79 Å². The molecule has 1 unspecified atom stereocenters. The molecule has 0 aromatic heterocycles. The highest BCUT2D eigenvalue weighted by molar-refractivity contribution is 8.77. The van der Waals surface area contributed by atoms with Gasteiger partial charge in [-0.2, -0.15) is 0 Å². The van der Waals surface area contributed by atoms with Crippen molar-refractivity contribution in [2.45, 2.75) is 37.4 Å². The van der Waals surface area contributed by atoms with Gasteiger partial charge in [0, 0.05) is 42.0 Å². The number of nitrogens with two attached hydrogens (primary N) is 1. The molecule has 1 fully saturated rings. The van der Waals surface area contributed by atoms with Gasteiger partial charge in [0.2, 0.25) is 5.91 Å². The summed E-state index contributed by atoms with van der Waals surface area (Å²) >= 11 is 0. The van der Waals surface area contributed by atoms with Crippen LogP contribution in [-0.4, -0.2) is 41.5 Å². The Balaban J connectivity index is 1.82. The first-order valence-electron chi connectivity index (χ1n) is 6.82. The standard InChI is InChI=1S/C12H24N2OS4/c13-6-9-16-17-10-7-14-12(15)4-2-1-3-11-5-8-18-19-11/h11H,1-10,13H2,(H,14,15). The van der Waals surface area contributed by atoms with Crippen molar-refractivity contribution in [3.8, 4) is 0 Å². The van der Waals surface area contributed by atoms with Gasteiger partial charge in [0.1, 0.15) is 0 Å².